The first kappa shape index (κ1) is 15.8. The van der Waals surface area contributed by atoms with Gasteiger partial charge in [-0.05, 0) is 31.4 Å². The molecule has 2 rings (SSSR count). The number of nitrogens with one attached hydrogen (secondary N) is 1. The third kappa shape index (κ3) is 3.97. The van der Waals surface area contributed by atoms with Gasteiger partial charge >= 0.3 is 6.18 Å². The van der Waals surface area contributed by atoms with Crippen LogP contribution in [0.15, 0.2) is 24.3 Å². The fraction of sp³-hybridized carbons (Fsp3) is 0.533. The van der Waals surface area contributed by atoms with Crippen LogP contribution in [0.25, 0.3) is 0 Å². The van der Waals surface area contributed by atoms with Crippen molar-refractivity contribution in [3.63, 3.8) is 0 Å². The summed E-state index contributed by atoms with van der Waals surface area (Å²) in [4.78, 5) is 11.6. The zero-order valence-corrected chi connectivity index (χ0v) is 11.8. The van der Waals surface area contributed by atoms with Gasteiger partial charge in [0.15, 0.2) is 0 Å². The Kier molecular flexibility index (Phi) is 4.27. The van der Waals surface area contributed by atoms with Gasteiger partial charge in [0.05, 0.1) is 5.56 Å². The maximum Gasteiger partial charge on any atom is 0.416 e. The zero-order chi connectivity index (χ0) is 15.7. The molecule has 0 aliphatic heterocycles. The van der Waals surface area contributed by atoms with Crippen LogP contribution in [0.4, 0.5) is 13.2 Å². The van der Waals surface area contributed by atoms with E-state index in [2.05, 4.69) is 5.32 Å². The van der Waals surface area contributed by atoms with E-state index in [0.717, 1.165) is 18.9 Å². The molecule has 1 aliphatic rings. The molecule has 3 N–H and O–H groups in total. The van der Waals surface area contributed by atoms with E-state index in [9.17, 15) is 18.0 Å². The maximum absolute atomic E-state index is 12.8. The Morgan fingerprint density at radius 1 is 1.43 bits per heavy atom. The van der Waals surface area contributed by atoms with Crippen molar-refractivity contribution in [2.45, 2.75) is 43.8 Å². The van der Waals surface area contributed by atoms with Crippen LogP contribution in [0.2, 0.25) is 0 Å². The number of hydrogen-bond acceptors (Lipinski definition) is 2. The van der Waals surface area contributed by atoms with Crippen LogP contribution in [0, 0.1) is 0 Å². The molecule has 1 aliphatic carbocycles. The topological polar surface area (TPSA) is 55.1 Å². The van der Waals surface area contributed by atoms with Gasteiger partial charge < -0.3 is 11.1 Å². The highest BCUT2D eigenvalue weighted by atomic mass is 19.4. The van der Waals surface area contributed by atoms with E-state index in [0.29, 0.717) is 12.1 Å². The highest BCUT2D eigenvalue weighted by molar-refractivity contribution is 5.76. The molecule has 0 radical (unpaired) electrons. The fourth-order valence-corrected chi connectivity index (χ4v) is 2.38. The van der Waals surface area contributed by atoms with Crippen molar-refractivity contribution in [3.05, 3.63) is 35.4 Å². The lowest BCUT2D eigenvalue weighted by molar-refractivity contribution is -0.137. The van der Waals surface area contributed by atoms with E-state index in [1.807, 2.05) is 0 Å². The van der Waals surface area contributed by atoms with Crippen LogP contribution in [0.1, 0.15) is 37.3 Å². The van der Waals surface area contributed by atoms with Crippen LogP contribution >= 0.6 is 0 Å². The summed E-state index contributed by atoms with van der Waals surface area (Å²) in [6.45, 7) is 2.10. The Morgan fingerprint density at radius 3 is 2.62 bits per heavy atom. The van der Waals surface area contributed by atoms with E-state index < -0.39 is 11.7 Å². The summed E-state index contributed by atoms with van der Waals surface area (Å²) in [6.07, 6.45) is -2.55. The van der Waals surface area contributed by atoms with Crippen LogP contribution < -0.4 is 11.1 Å². The third-order valence-electron chi connectivity index (χ3n) is 3.79. The quantitative estimate of drug-likeness (QED) is 0.878. The lowest BCUT2D eigenvalue weighted by atomic mass is 9.94. The molecule has 0 saturated heterocycles. The Bertz CT molecular complexity index is 522. The van der Waals surface area contributed by atoms with E-state index in [1.54, 1.807) is 13.0 Å². The Balaban J connectivity index is 2.05. The minimum Gasteiger partial charge on any atom is -0.355 e. The number of alkyl halides is 3. The zero-order valence-electron chi connectivity index (χ0n) is 11.8. The maximum atomic E-state index is 12.8. The van der Waals surface area contributed by atoms with E-state index >= 15 is 0 Å². The first-order valence-corrected chi connectivity index (χ1v) is 6.93. The summed E-state index contributed by atoms with van der Waals surface area (Å²) < 4.78 is 38.3. The lowest BCUT2D eigenvalue weighted by Crippen LogP contribution is -2.35. The molecular formula is C15H19F3N2O. The highest BCUT2D eigenvalue weighted by Crippen LogP contribution is 2.48. The molecular weight excluding hydrogens is 281 g/mol. The Morgan fingerprint density at radius 2 is 2.10 bits per heavy atom. The van der Waals surface area contributed by atoms with Crippen LogP contribution in [0.5, 0.6) is 0 Å². The van der Waals surface area contributed by atoms with Gasteiger partial charge in [0.1, 0.15) is 0 Å². The average Bonchev–Trinajstić information content (AvgIpc) is 3.16. The second-order valence-electron chi connectivity index (χ2n) is 5.82. The monoisotopic (exact) mass is 300 g/mol. The van der Waals surface area contributed by atoms with E-state index in [4.69, 9.17) is 5.73 Å². The molecule has 1 unspecified atom stereocenters. The number of nitrogens with two attached hydrogens (primary N) is 1. The summed E-state index contributed by atoms with van der Waals surface area (Å²) in [7, 11) is 0. The smallest absolute Gasteiger partial charge is 0.355 e. The number of amides is 1. The lowest BCUT2D eigenvalue weighted by Gasteiger charge is -2.18. The highest BCUT2D eigenvalue weighted by Gasteiger charge is 2.45. The number of carbonyl (C=O) groups is 1. The average molecular weight is 300 g/mol. The van der Waals surface area contributed by atoms with Crippen molar-refractivity contribution in [2.75, 3.05) is 6.54 Å². The number of benzene rings is 1. The number of halogens is 3. The van der Waals surface area contributed by atoms with Gasteiger partial charge in [0, 0.05) is 24.4 Å². The molecule has 1 aromatic carbocycles. The van der Waals surface area contributed by atoms with Crippen LogP contribution in [-0.2, 0) is 16.4 Å². The van der Waals surface area contributed by atoms with Crippen LogP contribution in [-0.4, -0.2) is 18.5 Å². The van der Waals surface area contributed by atoms with Crippen LogP contribution in [0.3, 0.4) is 0 Å². The molecule has 1 saturated carbocycles. The van der Waals surface area contributed by atoms with Gasteiger partial charge in [0.2, 0.25) is 5.91 Å². The molecule has 1 aromatic rings. The normalized spacial score (nSPS) is 18.1. The summed E-state index contributed by atoms with van der Waals surface area (Å²) in [5, 5.41) is 2.77. The van der Waals surface area contributed by atoms with Crippen molar-refractivity contribution >= 4 is 5.91 Å². The standard InChI is InChI=1S/C15H19F3N2O/c1-10(19)7-13(21)20-9-14(5-6-14)11-3-2-4-12(8-11)15(16,17)18/h2-4,8,10H,5-7,9,19H2,1H3,(H,20,21). The van der Waals surface area contributed by atoms with Gasteiger partial charge in [-0.2, -0.15) is 13.2 Å². The number of hydrogen-bond donors (Lipinski definition) is 2. The summed E-state index contributed by atoms with van der Waals surface area (Å²) in [5.41, 5.74) is 5.18. The van der Waals surface area contributed by atoms with Crippen molar-refractivity contribution in [2.24, 2.45) is 5.73 Å². The van der Waals surface area contributed by atoms with Crippen molar-refractivity contribution in [3.8, 4) is 0 Å². The molecule has 0 aromatic heterocycles. The van der Waals surface area contributed by atoms with E-state index in [1.165, 1.54) is 12.1 Å². The molecule has 0 bridgehead atoms. The molecule has 1 amide bonds. The van der Waals surface area contributed by atoms with Gasteiger partial charge in [0.25, 0.3) is 0 Å². The van der Waals surface area contributed by atoms with Crippen molar-refractivity contribution in [1.29, 1.82) is 0 Å². The molecule has 0 spiro atoms. The molecule has 21 heavy (non-hydrogen) atoms. The summed E-state index contributed by atoms with van der Waals surface area (Å²) >= 11 is 0. The minimum atomic E-state index is -4.34. The second kappa shape index (κ2) is 5.67. The van der Waals surface area contributed by atoms with Gasteiger partial charge in [-0.15, -0.1) is 0 Å². The van der Waals surface area contributed by atoms with Gasteiger partial charge in [-0.3, -0.25) is 4.79 Å². The Hall–Kier alpha value is -1.56. The molecule has 1 atom stereocenters. The molecule has 116 valence electrons. The predicted molar refractivity (Wildman–Crippen MR) is 73.6 cm³/mol. The second-order valence-corrected chi connectivity index (χ2v) is 5.82. The third-order valence-corrected chi connectivity index (χ3v) is 3.79. The molecule has 1 fully saturated rings. The molecule has 3 nitrogen and oxygen atoms in total. The SMILES string of the molecule is CC(N)CC(=O)NCC1(c2cccc(C(F)(F)F)c2)CC1. The predicted octanol–water partition coefficient (Wildman–Crippen LogP) is 2.59. The molecule has 0 heterocycles. The number of carbonyl (C=O) groups excluding carboxylic acids is 1. The van der Waals surface area contributed by atoms with E-state index in [-0.39, 0.29) is 23.8 Å². The number of rotatable bonds is 5. The fourth-order valence-electron chi connectivity index (χ4n) is 2.38. The van der Waals surface area contributed by atoms with Gasteiger partial charge in [-0.1, -0.05) is 18.2 Å². The summed E-state index contributed by atoms with van der Waals surface area (Å²) in [6, 6.07) is 5.13. The van der Waals surface area contributed by atoms with Gasteiger partial charge in [-0.25, -0.2) is 0 Å². The minimum absolute atomic E-state index is 0.164. The molecule has 6 heteroatoms. The first-order valence-electron chi connectivity index (χ1n) is 6.93. The van der Waals surface area contributed by atoms with Crippen molar-refractivity contribution < 1.29 is 18.0 Å². The first-order chi connectivity index (χ1) is 9.73. The van der Waals surface area contributed by atoms with Crippen molar-refractivity contribution in [1.82, 2.24) is 5.32 Å². The largest absolute Gasteiger partial charge is 0.416 e. The summed E-state index contributed by atoms with van der Waals surface area (Å²) in [5.74, 6) is -0.164. The Labute approximate surface area is 121 Å².